The molecule has 0 spiro atoms. The van der Waals surface area contributed by atoms with Crippen LogP contribution in [0.2, 0.25) is 0 Å². The lowest BCUT2D eigenvalue weighted by Gasteiger charge is -2.28. The molecule has 0 aliphatic heterocycles. The summed E-state index contributed by atoms with van der Waals surface area (Å²) in [5, 5.41) is 5.65. The van der Waals surface area contributed by atoms with Crippen molar-refractivity contribution in [2.24, 2.45) is 11.8 Å². The lowest BCUT2D eigenvalue weighted by molar-refractivity contribution is 0.247. The van der Waals surface area contributed by atoms with Gasteiger partial charge in [-0.1, -0.05) is 26.2 Å². The van der Waals surface area contributed by atoms with Gasteiger partial charge in [0.1, 0.15) is 0 Å². The van der Waals surface area contributed by atoms with Gasteiger partial charge in [0.05, 0.1) is 5.69 Å². The third-order valence-electron chi connectivity index (χ3n) is 4.14. The van der Waals surface area contributed by atoms with E-state index in [1.165, 1.54) is 25.7 Å². The van der Waals surface area contributed by atoms with Gasteiger partial charge < -0.3 is 5.32 Å². The maximum atomic E-state index is 4.59. The maximum Gasteiger partial charge on any atom is 0.193 e. The Morgan fingerprint density at radius 3 is 3.17 bits per heavy atom. The number of nitrogens with one attached hydrogen (secondary N) is 1. The van der Waals surface area contributed by atoms with Crippen LogP contribution in [-0.4, -0.2) is 15.9 Å². The summed E-state index contributed by atoms with van der Waals surface area (Å²) in [6, 6.07) is 0. The van der Waals surface area contributed by atoms with Crippen molar-refractivity contribution in [2.45, 2.75) is 39.2 Å². The first-order valence-corrected chi connectivity index (χ1v) is 7.82. The molecule has 98 valence electrons. The van der Waals surface area contributed by atoms with Crippen molar-refractivity contribution < 1.29 is 0 Å². The van der Waals surface area contributed by atoms with E-state index in [-0.39, 0.29) is 0 Å². The van der Waals surface area contributed by atoms with Gasteiger partial charge in [0.2, 0.25) is 0 Å². The van der Waals surface area contributed by atoms with E-state index < -0.39 is 0 Å². The van der Waals surface area contributed by atoms with E-state index in [4.69, 9.17) is 0 Å². The molecule has 2 unspecified atom stereocenters. The van der Waals surface area contributed by atoms with Gasteiger partial charge in [-0.25, -0.2) is 4.98 Å². The number of hydrogen-bond acceptors (Lipinski definition) is 3. The molecule has 2 heterocycles. The summed E-state index contributed by atoms with van der Waals surface area (Å²) in [7, 11) is 0. The van der Waals surface area contributed by atoms with Gasteiger partial charge in [0.15, 0.2) is 4.96 Å². The van der Waals surface area contributed by atoms with E-state index in [9.17, 15) is 0 Å². The van der Waals surface area contributed by atoms with Crippen LogP contribution in [0.3, 0.4) is 0 Å². The highest BCUT2D eigenvalue weighted by molar-refractivity contribution is 7.15. The fourth-order valence-corrected chi connectivity index (χ4v) is 3.66. The highest BCUT2D eigenvalue weighted by atomic mass is 32.1. The predicted molar refractivity (Wildman–Crippen MR) is 75.9 cm³/mol. The highest BCUT2D eigenvalue weighted by Crippen LogP contribution is 2.28. The monoisotopic (exact) mass is 263 g/mol. The molecule has 0 radical (unpaired) electrons. The molecule has 2 aromatic heterocycles. The van der Waals surface area contributed by atoms with Crippen molar-refractivity contribution in [3.63, 3.8) is 0 Å². The first kappa shape index (κ1) is 12.2. The molecule has 0 aromatic carbocycles. The van der Waals surface area contributed by atoms with Gasteiger partial charge in [-0.3, -0.25) is 4.40 Å². The van der Waals surface area contributed by atoms with Gasteiger partial charge in [-0.15, -0.1) is 11.3 Å². The molecule has 1 fully saturated rings. The molecule has 1 aliphatic carbocycles. The minimum absolute atomic E-state index is 0.863. The van der Waals surface area contributed by atoms with E-state index in [0.717, 1.165) is 35.6 Å². The summed E-state index contributed by atoms with van der Waals surface area (Å²) in [6.45, 7) is 4.45. The van der Waals surface area contributed by atoms with Crippen molar-refractivity contribution in [3.05, 3.63) is 23.5 Å². The molecule has 1 N–H and O–H groups in total. The van der Waals surface area contributed by atoms with Crippen LogP contribution in [0, 0.1) is 11.8 Å². The van der Waals surface area contributed by atoms with Gasteiger partial charge >= 0.3 is 0 Å². The summed E-state index contributed by atoms with van der Waals surface area (Å²) in [4.78, 5) is 5.69. The first-order chi connectivity index (χ1) is 8.83. The second-order valence-corrected chi connectivity index (χ2v) is 6.35. The largest absolute Gasteiger partial charge is 0.311 e. The Morgan fingerprint density at radius 1 is 1.44 bits per heavy atom. The molecule has 3 rings (SSSR count). The zero-order valence-corrected chi connectivity index (χ0v) is 11.7. The molecule has 2 aromatic rings. The molecule has 1 saturated carbocycles. The number of aromatic nitrogens is 2. The Labute approximate surface area is 112 Å². The Balaban J connectivity index is 1.50. The van der Waals surface area contributed by atoms with E-state index in [1.54, 1.807) is 11.3 Å². The molecule has 18 heavy (non-hydrogen) atoms. The van der Waals surface area contributed by atoms with Gasteiger partial charge in [-0.05, 0) is 24.8 Å². The lowest BCUT2D eigenvalue weighted by Crippen LogP contribution is -2.29. The molecule has 1 aliphatic rings. The van der Waals surface area contributed by atoms with Crippen LogP contribution in [0.15, 0.2) is 17.8 Å². The van der Waals surface area contributed by atoms with Gasteiger partial charge in [0.25, 0.3) is 0 Å². The summed E-state index contributed by atoms with van der Waals surface area (Å²) in [5.74, 6) is 1.75. The maximum absolute atomic E-state index is 4.59. The fourth-order valence-electron chi connectivity index (χ4n) is 2.94. The summed E-state index contributed by atoms with van der Waals surface area (Å²) >= 11 is 1.69. The number of fused-ring (bicyclic) bond motifs is 1. The van der Waals surface area contributed by atoms with E-state index in [0.29, 0.717) is 0 Å². The fraction of sp³-hybridized carbons (Fsp3) is 0.643. The van der Waals surface area contributed by atoms with Crippen LogP contribution in [0.4, 0.5) is 0 Å². The van der Waals surface area contributed by atoms with Crippen molar-refractivity contribution in [1.29, 1.82) is 0 Å². The van der Waals surface area contributed by atoms with Crippen molar-refractivity contribution in [3.8, 4) is 0 Å². The zero-order chi connectivity index (χ0) is 12.4. The summed E-state index contributed by atoms with van der Waals surface area (Å²) in [6.07, 6.45) is 9.84. The van der Waals surface area contributed by atoms with Crippen LogP contribution in [0.5, 0.6) is 0 Å². The number of nitrogens with zero attached hydrogens (tertiary/aromatic N) is 2. The van der Waals surface area contributed by atoms with Crippen LogP contribution in [-0.2, 0) is 6.54 Å². The molecule has 2 atom stereocenters. The smallest absolute Gasteiger partial charge is 0.193 e. The quantitative estimate of drug-likeness (QED) is 0.917. The average Bonchev–Trinajstić information content (AvgIpc) is 2.92. The number of hydrogen-bond donors (Lipinski definition) is 1. The third-order valence-corrected chi connectivity index (χ3v) is 4.92. The number of thiazole rings is 1. The Hall–Kier alpha value is -0.870. The van der Waals surface area contributed by atoms with Crippen molar-refractivity contribution >= 4 is 16.3 Å². The SMILES string of the molecule is CC1CCCCC1CNCc1cn2ccsc2n1. The van der Waals surface area contributed by atoms with Gasteiger partial charge in [-0.2, -0.15) is 0 Å². The Kier molecular flexibility index (Phi) is 3.66. The van der Waals surface area contributed by atoms with E-state index in [1.807, 2.05) is 0 Å². The average molecular weight is 263 g/mol. The third kappa shape index (κ3) is 2.59. The molecule has 0 amide bonds. The molecule has 0 bridgehead atoms. The second-order valence-electron chi connectivity index (χ2n) is 5.48. The molecule has 4 heteroatoms. The highest BCUT2D eigenvalue weighted by Gasteiger charge is 2.20. The summed E-state index contributed by atoms with van der Waals surface area (Å²) in [5.41, 5.74) is 1.16. The van der Waals surface area contributed by atoms with Crippen molar-refractivity contribution in [1.82, 2.24) is 14.7 Å². The molecular weight excluding hydrogens is 242 g/mol. The van der Waals surface area contributed by atoms with Gasteiger partial charge in [0, 0.05) is 24.3 Å². The first-order valence-electron chi connectivity index (χ1n) is 6.95. The topological polar surface area (TPSA) is 29.3 Å². The number of rotatable bonds is 4. The predicted octanol–water partition coefficient (Wildman–Crippen LogP) is 3.31. The minimum atomic E-state index is 0.863. The van der Waals surface area contributed by atoms with Crippen LogP contribution >= 0.6 is 11.3 Å². The molecule has 3 nitrogen and oxygen atoms in total. The molecule has 0 saturated heterocycles. The molecular formula is C14H21N3S. The van der Waals surface area contributed by atoms with E-state index in [2.05, 4.69) is 39.4 Å². The lowest BCUT2D eigenvalue weighted by atomic mass is 9.80. The zero-order valence-electron chi connectivity index (χ0n) is 10.9. The van der Waals surface area contributed by atoms with Crippen molar-refractivity contribution in [2.75, 3.05) is 6.54 Å². The standard InChI is InChI=1S/C14H21N3S/c1-11-4-2-3-5-12(11)8-15-9-13-10-17-6-7-18-14(17)16-13/h6-7,10-12,15H,2-5,8-9H2,1H3. The van der Waals surface area contributed by atoms with Crippen LogP contribution in [0.1, 0.15) is 38.3 Å². The van der Waals surface area contributed by atoms with Crippen LogP contribution < -0.4 is 5.32 Å². The number of imidazole rings is 1. The second kappa shape index (κ2) is 5.41. The minimum Gasteiger partial charge on any atom is -0.311 e. The van der Waals surface area contributed by atoms with Crippen LogP contribution in [0.25, 0.3) is 4.96 Å². The Bertz CT molecular complexity index is 473. The normalized spacial score (nSPS) is 24.7. The summed E-state index contributed by atoms with van der Waals surface area (Å²) < 4.78 is 2.10. The Morgan fingerprint density at radius 2 is 2.33 bits per heavy atom. The van der Waals surface area contributed by atoms with E-state index >= 15 is 0 Å².